The fourth-order valence-corrected chi connectivity index (χ4v) is 3.71. The maximum atomic E-state index is 12.5. The van der Waals surface area contributed by atoms with Crippen LogP contribution in [0, 0.1) is 0 Å². The Morgan fingerprint density at radius 1 is 0.857 bits per heavy atom. The van der Waals surface area contributed by atoms with Gasteiger partial charge in [-0.15, -0.1) is 0 Å². The Morgan fingerprint density at radius 2 is 1.39 bits per heavy atom. The van der Waals surface area contributed by atoms with Gasteiger partial charge in [0.25, 0.3) is 5.91 Å². The average Bonchev–Trinajstić information content (AvgIpc) is 2.72. The molecule has 0 N–H and O–H groups in total. The molecule has 146 valence electrons. The number of likely N-dealkylation sites (tertiary alicyclic amines) is 1. The zero-order valence-electron chi connectivity index (χ0n) is 16.3. The van der Waals surface area contributed by atoms with Crippen molar-refractivity contribution < 1.29 is 19.1 Å². The SMILES string of the molecule is C[C@H]1CCC[C@H](C)N1C(=O)COC(=O)c1ccc(C(=O)c2ccccc2)cc1. The predicted octanol–water partition coefficient (Wildman–Crippen LogP) is 3.86. The second kappa shape index (κ2) is 8.83. The lowest BCUT2D eigenvalue weighted by Gasteiger charge is -2.38. The lowest BCUT2D eigenvalue weighted by atomic mass is 9.97. The first-order valence-corrected chi connectivity index (χ1v) is 9.65. The van der Waals surface area contributed by atoms with E-state index >= 15 is 0 Å². The van der Waals surface area contributed by atoms with Gasteiger partial charge in [0, 0.05) is 23.2 Å². The van der Waals surface area contributed by atoms with Crippen LogP contribution in [0.3, 0.4) is 0 Å². The number of amides is 1. The smallest absolute Gasteiger partial charge is 0.338 e. The van der Waals surface area contributed by atoms with Gasteiger partial charge in [-0.1, -0.05) is 42.5 Å². The van der Waals surface area contributed by atoms with Crippen LogP contribution < -0.4 is 0 Å². The van der Waals surface area contributed by atoms with E-state index in [1.54, 1.807) is 48.5 Å². The molecule has 0 bridgehead atoms. The first kappa shape index (κ1) is 19.8. The van der Waals surface area contributed by atoms with Crippen LogP contribution in [0.15, 0.2) is 54.6 Å². The maximum absolute atomic E-state index is 12.5. The van der Waals surface area contributed by atoms with Gasteiger partial charge in [-0.3, -0.25) is 9.59 Å². The second-order valence-corrected chi connectivity index (χ2v) is 7.28. The van der Waals surface area contributed by atoms with Gasteiger partial charge in [-0.2, -0.15) is 0 Å². The summed E-state index contributed by atoms with van der Waals surface area (Å²) in [4.78, 5) is 39.0. The van der Waals surface area contributed by atoms with Crippen molar-refractivity contribution in [3.63, 3.8) is 0 Å². The third-order valence-electron chi connectivity index (χ3n) is 5.23. The van der Waals surface area contributed by atoms with Crippen molar-refractivity contribution in [2.24, 2.45) is 0 Å². The summed E-state index contributed by atoms with van der Waals surface area (Å²) in [5.41, 5.74) is 1.40. The molecule has 2 atom stereocenters. The van der Waals surface area contributed by atoms with Crippen molar-refractivity contribution >= 4 is 17.7 Å². The number of carbonyl (C=O) groups is 3. The second-order valence-electron chi connectivity index (χ2n) is 7.28. The molecular formula is C23H25NO4. The minimum Gasteiger partial charge on any atom is -0.452 e. The van der Waals surface area contributed by atoms with E-state index in [1.807, 2.05) is 24.8 Å². The Morgan fingerprint density at radius 3 is 2.00 bits per heavy atom. The number of piperidine rings is 1. The standard InChI is InChI=1S/C23H25NO4/c1-16-7-6-8-17(2)24(16)21(25)15-28-23(27)20-13-11-19(12-14-20)22(26)18-9-4-3-5-10-18/h3-5,9-14,16-17H,6-8,15H2,1-2H3/t16-,17-/m0/s1. The molecule has 0 aromatic heterocycles. The molecule has 3 rings (SSSR count). The quantitative estimate of drug-likeness (QED) is 0.584. The molecule has 1 aliphatic heterocycles. The molecule has 0 spiro atoms. The van der Waals surface area contributed by atoms with Gasteiger partial charge in [0.1, 0.15) is 0 Å². The van der Waals surface area contributed by atoms with E-state index < -0.39 is 5.97 Å². The van der Waals surface area contributed by atoms with Crippen LogP contribution in [0.1, 0.15) is 59.4 Å². The van der Waals surface area contributed by atoms with Crippen LogP contribution in [-0.2, 0) is 9.53 Å². The van der Waals surface area contributed by atoms with Gasteiger partial charge in [-0.25, -0.2) is 4.79 Å². The van der Waals surface area contributed by atoms with Gasteiger partial charge in [0.15, 0.2) is 12.4 Å². The van der Waals surface area contributed by atoms with Crippen molar-refractivity contribution in [3.05, 3.63) is 71.3 Å². The summed E-state index contributed by atoms with van der Waals surface area (Å²) < 4.78 is 5.21. The van der Waals surface area contributed by atoms with Crippen LogP contribution in [-0.4, -0.2) is 41.3 Å². The monoisotopic (exact) mass is 379 g/mol. The molecule has 2 aromatic rings. The van der Waals surface area contributed by atoms with Gasteiger partial charge in [0.05, 0.1) is 5.56 Å². The summed E-state index contributed by atoms with van der Waals surface area (Å²) in [7, 11) is 0. The molecule has 0 radical (unpaired) electrons. The highest BCUT2D eigenvalue weighted by Gasteiger charge is 2.29. The van der Waals surface area contributed by atoms with Crippen LogP contribution in [0.5, 0.6) is 0 Å². The van der Waals surface area contributed by atoms with Crippen molar-refractivity contribution in [1.82, 2.24) is 4.90 Å². The van der Waals surface area contributed by atoms with Gasteiger partial charge < -0.3 is 9.64 Å². The maximum Gasteiger partial charge on any atom is 0.338 e. The highest BCUT2D eigenvalue weighted by atomic mass is 16.5. The van der Waals surface area contributed by atoms with E-state index in [0.717, 1.165) is 19.3 Å². The number of hydrogen-bond acceptors (Lipinski definition) is 4. The fraction of sp³-hybridized carbons (Fsp3) is 0.348. The Kier molecular flexibility index (Phi) is 6.24. The number of carbonyl (C=O) groups excluding carboxylic acids is 3. The molecule has 1 fully saturated rings. The van der Waals surface area contributed by atoms with Gasteiger partial charge in [0.2, 0.25) is 0 Å². The summed E-state index contributed by atoms with van der Waals surface area (Å²) in [6, 6.07) is 15.6. The first-order valence-electron chi connectivity index (χ1n) is 9.65. The molecule has 0 unspecified atom stereocenters. The summed E-state index contributed by atoms with van der Waals surface area (Å²) in [5, 5.41) is 0. The Labute approximate surface area is 165 Å². The number of ketones is 1. The summed E-state index contributed by atoms with van der Waals surface area (Å²) in [5.74, 6) is -0.836. The third-order valence-corrected chi connectivity index (χ3v) is 5.23. The molecule has 5 nitrogen and oxygen atoms in total. The van der Waals surface area contributed by atoms with E-state index in [4.69, 9.17) is 4.74 Å². The van der Waals surface area contributed by atoms with Gasteiger partial charge in [-0.05, 0) is 45.2 Å². The first-order chi connectivity index (χ1) is 13.5. The van der Waals surface area contributed by atoms with E-state index in [-0.39, 0.29) is 30.4 Å². The molecule has 5 heteroatoms. The van der Waals surface area contributed by atoms with Crippen LogP contribution >= 0.6 is 0 Å². The lowest BCUT2D eigenvalue weighted by Crippen LogP contribution is -2.49. The number of esters is 1. The Bertz CT molecular complexity index is 835. The molecule has 28 heavy (non-hydrogen) atoms. The van der Waals surface area contributed by atoms with Crippen molar-refractivity contribution in [2.45, 2.75) is 45.2 Å². The minimum absolute atomic E-state index is 0.108. The number of nitrogens with zero attached hydrogens (tertiary/aromatic N) is 1. The third kappa shape index (κ3) is 4.47. The molecule has 1 aliphatic rings. The minimum atomic E-state index is -0.565. The summed E-state index contributed by atoms with van der Waals surface area (Å²) >= 11 is 0. The fourth-order valence-electron chi connectivity index (χ4n) is 3.71. The highest BCUT2D eigenvalue weighted by Crippen LogP contribution is 2.22. The van der Waals surface area contributed by atoms with Crippen LogP contribution in [0.2, 0.25) is 0 Å². The molecular weight excluding hydrogens is 354 g/mol. The molecule has 0 saturated carbocycles. The van der Waals surface area contributed by atoms with Crippen LogP contribution in [0.25, 0.3) is 0 Å². The average molecular weight is 379 g/mol. The highest BCUT2D eigenvalue weighted by molar-refractivity contribution is 6.09. The summed E-state index contributed by atoms with van der Waals surface area (Å²) in [6.45, 7) is 3.79. The molecule has 1 heterocycles. The van der Waals surface area contributed by atoms with E-state index in [1.165, 1.54) is 0 Å². The van der Waals surface area contributed by atoms with E-state index in [2.05, 4.69) is 0 Å². The zero-order valence-corrected chi connectivity index (χ0v) is 16.3. The van der Waals surface area contributed by atoms with E-state index in [9.17, 15) is 14.4 Å². The predicted molar refractivity (Wildman–Crippen MR) is 106 cm³/mol. The Hall–Kier alpha value is -2.95. The topological polar surface area (TPSA) is 63.7 Å². The number of hydrogen-bond donors (Lipinski definition) is 0. The van der Waals surface area contributed by atoms with Crippen molar-refractivity contribution in [1.29, 1.82) is 0 Å². The number of benzene rings is 2. The lowest BCUT2D eigenvalue weighted by molar-refractivity contribution is -0.140. The molecule has 0 aliphatic carbocycles. The largest absolute Gasteiger partial charge is 0.452 e. The number of rotatable bonds is 5. The summed E-state index contributed by atoms with van der Waals surface area (Å²) in [6.07, 6.45) is 3.06. The number of ether oxygens (including phenoxy) is 1. The van der Waals surface area contributed by atoms with E-state index in [0.29, 0.717) is 16.7 Å². The zero-order chi connectivity index (χ0) is 20.1. The van der Waals surface area contributed by atoms with Crippen LogP contribution in [0.4, 0.5) is 0 Å². The molecule has 2 aromatic carbocycles. The normalized spacial score (nSPS) is 19.1. The van der Waals surface area contributed by atoms with Crippen molar-refractivity contribution in [3.8, 4) is 0 Å². The molecule has 1 saturated heterocycles. The Balaban J connectivity index is 1.59. The molecule has 1 amide bonds. The van der Waals surface area contributed by atoms with Crippen molar-refractivity contribution in [2.75, 3.05) is 6.61 Å². The van der Waals surface area contributed by atoms with Gasteiger partial charge >= 0.3 is 5.97 Å².